The van der Waals surface area contributed by atoms with Crippen LogP contribution in [0.3, 0.4) is 0 Å². The lowest BCUT2D eigenvalue weighted by molar-refractivity contribution is 0.481. The molecule has 1 aromatic heterocycles. The van der Waals surface area contributed by atoms with Crippen molar-refractivity contribution in [1.82, 2.24) is 0 Å². The van der Waals surface area contributed by atoms with Crippen LogP contribution in [-0.2, 0) is 9.84 Å². The molecule has 1 aromatic carbocycles. The fourth-order valence-electron chi connectivity index (χ4n) is 1.66. The fraction of sp³-hybridized carbons (Fsp3) is 0.333. The zero-order valence-electron chi connectivity index (χ0n) is 9.75. The summed E-state index contributed by atoms with van der Waals surface area (Å²) in [5.74, 6) is 0.504. The van der Waals surface area contributed by atoms with Gasteiger partial charge >= 0.3 is 0 Å². The van der Waals surface area contributed by atoms with Gasteiger partial charge in [0.1, 0.15) is 11.3 Å². The van der Waals surface area contributed by atoms with E-state index in [1.165, 1.54) is 6.26 Å². The number of rotatable bonds is 3. The van der Waals surface area contributed by atoms with Crippen molar-refractivity contribution in [1.29, 1.82) is 0 Å². The first kappa shape index (κ1) is 12.1. The molecule has 0 bridgehead atoms. The van der Waals surface area contributed by atoms with Crippen LogP contribution in [0.4, 0.5) is 0 Å². The van der Waals surface area contributed by atoms with Gasteiger partial charge in [0.05, 0.1) is 11.3 Å². The number of hydrogen-bond acceptors (Lipinski definition) is 4. The first-order valence-corrected chi connectivity index (χ1v) is 7.28. The van der Waals surface area contributed by atoms with Gasteiger partial charge in [0.2, 0.25) is 0 Å². The number of sulfone groups is 1. The molecule has 2 rings (SSSR count). The van der Waals surface area contributed by atoms with Gasteiger partial charge in [-0.05, 0) is 19.1 Å². The molecule has 0 aliphatic carbocycles. The third kappa shape index (κ3) is 2.35. The van der Waals surface area contributed by atoms with Crippen molar-refractivity contribution in [2.45, 2.75) is 18.2 Å². The minimum Gasteiger partial charge on any atom is -0.459 e. The zero-order valence-corrected chi connectivity index (χ0v) is 10.6. The second-order valence-electron chi connectivity index (χ2n) is 4.25. The Kier molecular flexibility index (Phi) is 2.97. The SMILES string of the molecule is CC(C(N)c1cc2ccccc2o1)S(C)(=O)=O. The first-order valence-electron chi connectivity index (χ1n) is 5.32. The number of fused-ring (bicyclic) bond motifs is 1. The molecule has 0 aliphatic rings. The van der Waals surface area contributed by atoms with Crippen LogP contribution in [0, 0.1) is 0 Å². The molecule has 2 atom stereocenters. The van der Waals surface area contributed by atoms with Gasteiger partial charge in [-0.25, -0.2) is 8.42 Å². The lowest BCUT2D eigenvalue weighted by Gasteiger charge is -2.15. The summed E-state index contributed by atoms with van der Waals surface area (Å²) in [7, 11) is -3.17. The van der Waals surface area contributed by atoms with E-state index in [4.69, 9.17) is 10.2 Å². The Labute approximate surface area is 100 Å². The molecule has 2 N–H and O–H groups in total. The molecule has 2 unspecified atom stereocenters. The smallest absolute Gasteiger partial charge is 0.152 e. The molecule has 92 valence electrons. The van der Waals surface area contributed by atoms with Crippen molar-refractivity contribution >= 4 is 20.8 Å². The number of benzene rings is 1. The van der Waals surface area contributed by atoms with Crippen LogP contribution in [0.5, 0.6) is 0 Å². The Morgan fingerprint density at radius 3 is 2.53 bits per heavy atom. The van der Waals surface area contributed by atoms with Gasteiger partial charge in [-0.3, -0.25) is 0 Å². The molecule has 0 saturated heterocycles. The molecule has 0 fully saturated rings. The monoisotopic (exact) mass is 253 g/mol. The van der Waals surface area contributed by atoms with E-state index in [1.807, 2.05) is 24.3 Å². The highest BCUT2D eigenvalue weighted by atomic mass is 32.2. The molecule has 2 aromatic rings. The Bertz CT molecular complexity index is 597. The van der Waals surface area contributed by atoms with Gasteiger partial charge < -0.3 is 10.2 Å². The second kappa shape index (κ2) is 4.16. The minimum atomic E-state index is -3.17. The van der Waals surface area contributed by atoms with Gasteiger partial charge in [-0.2, -0.15) is 0 Å². The summed E-state index contributed by atoms with van der Waals surface area (Å²) in [4.78, 5) is 0. The maximum Gasteiger partial charge on any atom is 0.152 e. The van der Waals surface area contributed by atoms with Gasteiger partial charge in [0.25, 0.3) is 0 Å². The maximum absolute atomic E-state index is 11.4. The topological polar surface area (TPSA) is 73.3 Å². The van der Waals surface area contributed by atoms with Crippen LogP contribution in [0.15, 0.2) is 34.7 Å². The van der Waals surface area contributed by atoms with E-state index >= 15 is 0 Å². The molecule has 5 heteroatoms. The Balaban J connectivity index is 2.40. The van der Waals surface area contributed by atoms with E-state index in [9.17, 15) is 8.42 Å². The molecule has 0 saturated carbocycles. The highest BCUT2D eigenvalue weighted by Crippen LogP contribution is 2.26. The van der Waals surface area contributed by atoms with Crippen molar-refractivity contribution in [2.24, 2.45) is 5.73 Å². The highest BCUT2D eigenvalue weighted by Gasteiger charge is 2.26. The summed E-state index contributed by atoms with van der Waals surface area (Å²) in [5, 5.41) is 0.265. The molecular formula is C12H15NO3S. The van der Waals surface area contributed by atoms with E-state index < -0.39 is 21.1 Å². The molecule has 0 amide bonds. The summed E-state index contributed by atoms with van der Waals surface area (Å²) < 4.78 is 28.4. The Morgan fingerprint density at radius 2 is 1.94 bits per heavy atom. The predicted octanol–water partition coefficient (Wildman–Crippen LogP) is 1.87. The first-order chi connectivity index (χ1) is 7.89. The van der Waals surface area contributed by atoms with Gasteiger partial charge in [0, 0.05) is 11.6 Å². The third-order valence-electron chi connectivity index (χ3n) is 2.95. The van der Waals surface area contributed by atoms with Crippen LogP contribution >= 0.6 is 0 Å². The molecule has 0 aliphatic heterocycles. The minimum absolute atomic E-state index is 0.504. The van der Waals surface area contributed by atoms with Crippen molar-refractivity contribution in [3.05, 3.63) is 36.1 Å². The highest BCUT2D eigenvalue weighted by molar-refractivity contribution is 7.91. The van der Waals surface area contributed by atoms with E-state index in [0.29, 0.717) is 5.76 Å². The van der Waals surface area contributed by atoms with Crippen LogP contribution in [0.1, 0.15) is 18.7 Å². The number of hydrogen-bond donors (Lipinski definition) is 1. The fourth-order valence-corrected chi connectivity index (χ4v) is 2.33. The van der Waals surface area contributed by atoms with Gasteiger partial charge in [-0.1, -0.05) is 18.2 Å². The second-order valence-corrected chi connectivity index (χ2v) is 6.65. The van der Waals surface area contributed by atoms with Crippen molar-refractivity contribution < 1.29 is 12.8 Å². The summed E-state index contributed by atoms with van der Waals surface area (Å²) in [6.07, 6.45) is 1.18. The Morgan fingerprint density at radius 1 is 1.29 bits per heavy atom. The normalized spacial score (nSPS) is 15.9. The number of nitrogens with two attached hydrogens (primary N) is 1. The summed E-state index contributed by atoms with van der Waals surface area (Å²) in [5.41, 5.74) is 6.64. The van der Waals surface area contributed by atoms with Crippen LogP contribution in [0.2, 0.25) is 0 Å². The molecule has 17 heavy (non-hydrogen) atoms. The molecular weight excluding hydrogens is 238 g/mol. The average molecular weight is 253 g/mol. The number of para-hydroxylation sites is 1. The van der Waals surface area contributed by atoms with Crippen molar-refractivity contribution in [3.8, 4) is 0 Å². The Hall–Kier alpha value is -1.33. The van der Waals surface area contributed by atoms with E-state index in [0.717, 1.165) is 11.0 Å². The van der Waals surface area contributed by atoms with E-state index in [2.05, 4.69) is 0 Å². The molecule has 0 spiro atoms. The lowest BCUT2D eigenvalue weighted by Crippen LogP contribution is -2.30. The predicted molar refractivity (Wildman–Crippen MR) is 67.4 cm³/mol. The van der Waals surface area contributed by atoms with Crippen molar-refractivity contribution in [3.63, 3.8) is 0 Å². The molecule has 4 nitrogen and oxygen atoms in total. The summed E-state index contributed by atoms with van der Waals surface area (Å²) in [6, 6.07) is 8.64. The van der Waals surface area contributed by atoms with Gasteiger partial charge in [0.15, 0.2) is 9.84 Å². The summed E-state index contributed by atoms with van der Waals surface area (Å²) in [6.45, 7) is 1.59. The summed E-state index contributed by atoms with van der Waals surface area (Å²) >= 11 is 0. The number of furan rings is 1. The van der Waals surface area contributed by atoms with Crippen LogP contribution in [-0.4, -0.2) is 19.9 Å². The largest absolute Gasteiger partial charge is 0.459 e. The van der Waals surface area contributed by atoms with E-state index in [-0.39, 0.29) is 0 Å². The molecule has 1 heterocycles. The lowest BCUT2D eigenvalue weighted by atomic mass is 10.1. The van der Waals surface area contributed by atoms with Crippen molar-refractivity contribution in [2.75, 3.05) is 6.26 Å². The zero-order chi connectivity index (χ0) is 12.6. The standard InChI is InChI=1S/C12H15NO3S/c1-8(17(2,14)15)12(13)11-7-9-5-3-4-6-10(9)16-11/h3-8,12H,13H2,1-2H3. The molecule has 0 radical (unpaired) electrons. The van der Waals surface area contributed by atoms with Crippen LogP contribution < -0.4 is 5.73 Å². The maximum atomic E-state index is 11.4. The quantitative estimate of drug-likeness (QED) is 0.906. The average Bonchev–Trinajstić information content (AvgIpc) is 2.69. The third-order valence-corrected chi connectivity index (χ3v) is 4.60. The van der Waals surface area contributed by atoms with E-state index in [1.54, 1.807) is 13.0 Å². The van der Waals surface area contributed by atoms with Crippen LogP contribution in [0.25, 0.3) is 11.0 Å². The van der Waals surface area contributed by atoms with Gasteiger partial charge in [-0.15, -0.1) is 0 Å².